The largest absolute Gasteiger partial charge is 0.381 e. The molecule has 0 saturated carbocycles. The predicted molar refractivity (Wildman–Crippen MR) is 67.8 cm³/mol. The summed E-state index contributed by atoms with van der Waals surface area (Å²) in [5, 5.41) is 11.4. The summed E-state index contributed by atoms with van der Waals surface area (Å²) in [6.45, 7) is 6.91. The Morgan fingerprint density at radius 1 is 1.35 bits per heavy atom. The molecule has 1 heterocycles. The first-order valence-electron chi connectivity index (χ1n) is 6.45. The lowest BCUT2D eigenvalue weighted by atomic mass is 10.1. The van der Waals surface area contributed by atoms with Crippen molar-refractivity contribution in [1.82, 2.24) is 20.3 Å². The van der Waals surface area contributed by atoms with E-state index in [1.165, 1.54) is 0 Å². The van der Waals surface area contributed by atoms with Crippen LogP contribution in [0.4, 0.5) is 0 Å². The Morgan fingerprint density at radius 2 is 2.18 bits per heavy atom. The van der Waals surface area contributed by atoms with Crippen molar-refractivity contribution in [3.05, 3.63) is 11.9 Å². The van der Waals surface area contributed by atoms with Crippen molar-refractivity contribution >= 4 is 0 Å². The molecule has 0 aromatic carbocycles. The normalized spacial score (nSPS) is 12.9. The van der Waals surface area contributed by atoms with E-state index in [1.54, 1.807) is 0 Å². The first kappa shape index (κ1) is 14.1. The highest BCUT2D eigenvalue weighted by molar-refractivity contribution is 5.01. The Hall–Kier alpha value is -0.940. The minimum atomic E-state index is 0.284. The van der Waals surface area contributed by atoms with Crippen molar-refractivity contribution in [2.45, 2.75) is 39.2 Å². The van der Waals surface area contributed by atoms with Gasteiger partial charge in [0.15, 0.2) is 0 Å². The molecular formula is C12H24N4O. The molecule has 0 aliphatic heterocycles. The lowest BCUT2D eigenvalue weighted by Crippen LogP contribution is -2.25. The van der Waals surface area contributed by atoms with E-state index in [9.17, 15) is 0 Å². The maximum Gasteiger partial charge on any atom is 0.0754 e. The van der Waals surface area contributed by atoms with E-state index in [2.05, 4.69) is 29.5 Å². The molecule has 0 amide bonds. The molecule has 1 aromatic rings. The third kappa shape index (κ3) is 4.83. The van der Waals surface area contributed by atoms with Crippen LogP contribution in [0.3, 0.4) is 0 Å². The van der Waals surface area contributed by atoms with Gasteiger partial charge in [0.05, 0.1) is 17.9 Å². The molecule has 0 radical (unpaired) electrons. The quantitative estimate of drug-likeness (QED) is 0.667. The van der Waals surface area contributed by atoms with Gasteiger partial charge in [-0.2, -0.15) is 0 Å². The molecule has 0 aliphatic carbocycles. The molecule has 5 heteroatoms. The van der Waals surface area contributed by atoms with E-state index < -0.39 is 0 Å². The van der Waals surface area contributed by atoms with Gasteiger partial charge in [0, 0.05) is 20.3 Å². The van der Waals surface area contributed by atoms with Crippen molar-refractivity contribution in [3.63, 3.8) is 0 Å². The van der Waals surface area contributed by atoms with Gasteiger partial charge in [-0.05, 0) is 25.8 Å². The van der Waals surface area contributed by atoms with Crippen LogP contribution in [0, 0.1) is 0 Å². The smallest absolute Gasteiger partial charge is 0.0754 e. The first-order valence-corrected chi connectivity index (χ1v) is 6.45. The van der Waals surface area contributed by atoms with Crippen LogP contribution in [0.2, 0.25) is 0 Å². The van der Waals surface area contributed by atoms with Crippen LogP contribution < -0.4 is 5.32 Å². The molecule has 0 aliphatic rings. The lowest BCUT2D eigenvalue weighted by molar-refractivity contribution is 0.124. The molecule has 1 atom stereocenters. The van der Waals surface area contributed by atoms with Gasteiger partial charge < -0.3 is 10.1 Å². The maximum atomic E-state index is 5.54. The minimum absolute atomic E-state index is 0.284. The SMILES string of the molecule is CCCNC(CCOCCC)c1cnnn1C. The number of ether oxygens (including phenoxy) is 1. The third-order valence-electron chi connectivity index (χ3n) is 2.65. The third-order valence-corrected chi connectivity index (χ3v) is 2.65. The zero-order chi connectivity index (χ0) is 12.5. The summed E-state index contributed by atoms with van der Waals surface area (Å²) in [6, 6.07) is 0.284. The molecule has 0 spiro atoms. The Balaban J connectivity index is 2.46. The number of nitrogens with zero attached hydrogens (tertiary/aromatic N) is 3. The van der Waals surface area contributed by atoms with Gasteiger partial charge in [0.2, 0.25) is 0 Å². The zero-order valence-electron chi connectivity index (χ0n) is 11.1. The van der Waals surface area contributed by atoms with E-state index in [0.29, 0.717) is 0 Å². The molecule has 5 nitrogen and oxygen atoms in total. The average Bonchev–Trinajstić information content (AvgIpc) is 2.75. The van der Waals surface area contributed by atoms with Gasteiger partial charge in [-0.3, -0.25) is 4.68 Å². The van der Waals surface area contributed by atoms with Gasteiger partial charge in [-0.15, -0.1) is 5.10 Å². The molecule has 0 bridgehead atoms. The van der Waals surface area contributed by atoms with Crippen LogP contribution in [-0.2, 0) is 11.8 Å². The van der Waals surface area contributed by atoms with E-state index in [4.69, 9.17) is 4.74 Å². The van der Waals surface area contributed by atoms with Gasteiger partial charge in [-0.1, -0.05) is 19.1 Å². The van der Waals surface area contributed by atoms with E-state index in [-0.39, 0.29) is 6.04 Å². The number of nitrogens with one attached hydrogen (secondary N) is 1. The summed E-state index contributed by atoms with van der Waals surface area (Å²) < 4.78 is 7.37. The fourth-order valence-corrected chi connectivity index (χ4v) is 1.73. The molecule has 0 fully saturated rings. The summed E-state index contributed by atoms with van der Waals surface area (Å²) in [4.78, 5) is 0. The number of hydrogen-bond donors (Lipinski definition) is 1. The topological polar surface area (TPSA) is 52.0 Å². The Morgan fingerprint density at radius 3 is 2.76 bits per heavy atom. The lowest BCUT2D eigenvalue weighted by Gasteiger charge is -2.18. The van der Waals surface area contributed by atoms with E-state index in [0.717, 1.165) is 44.7 Å². The van der Waals surface area contributed by atoms with Crippen molar-refractivity contribution in [1.29, 1.82) is 0 Å². The monoisotopic (exact) mass is 240 g/mol. The second kappa shape index (κ2) is 8.20. The zero-order valence-corrected chi connectivity index (χ0v) is 11.1. The predicted octanol–water partition coefficient (Wildman–Crippen LogP) is 1.67. The van der Waals surface area contributed by atoms with Crippen molar-refractivity contribution in [2.24, 2.45) is 7.05 Å². The highest BCUT2D eigenvalue weighted by atomic mass is 16.5. The average molecular weight is 240 g/mol. The number of aromatic nitrogens is 3. The van der Waals surface area contributed by atoms with Crippen LogP contribution in [-0.4, -0.2) is 34.8 Å². The highest BCUT2D eigenvalue weighted by Crippen LogP contribution is 2.14. The number of hydrogen-bond acceptors (Lipinski definition) is 4. The molecule has 0 saturated heterocycles. The van der Waals surface area contributed by atoms with Crippen LogP contribution in [0.25, 0.3) is 0 Å². The molecule has 98 valence electrons. The minimum Gasteiger partial charge on any atom is -0.381 e. The molecule has 1 rings (SSSR count). The van der Waals surface area contributed by atoms with Crippen LogP contribution in [0.1, 0.15) is 44.8 Å². The Kier molecular flexibility index (Phi) is 6.81. The summed E-state index contributed by atoms with van der Waals surface area (Å²) in [5.41, 5.74) is 1.12. The summed E-state index contributed by atoms with van der Waals surface area (Å²) in [7, 11) is 1.93. The maximum absolute atomic E-state index is 5.54. The van der Waals surface area contributed by atoms with Gasteiger partial charge in [0.25, 0.3) is 0 Å². The van der Waals surface area contributed by atoms with Gasteiger partial charge >= 0.3 is 0 Å². The van der Waals surface area contributed by atoms with E-state index >= 15 is 0 Å². The van der Waals surface area contributed by atoms with Gasteiger partial charge in [0.1, 0.15) is 0 Å². The summed E-state index contributed by atoms with van der Waals surface area (Å²) >= 11 is 0. The molecule has 17 heavy (non-hydrogen) atoms. The molecule has 1 N–H and O–H groups in total. The fraction of sp³-hybridized carbons (Fsp3) is 0.833. The van der Waals surface area contributed by atoms with Crippen molar-refractivity contribution in [2.75, 3.05) is 19.8 Å². The second-order valence-corrected chi connectivity index (χ2v) is 4.19. The number of aryl methyl sites for hydroxylation is 1. The van der Waals surface area contributed by atoms with Crippen LogP contribution in [0.5, 0.6) is 0 Å². The summed E-state index contributed by atoms with van der Waals surface area (Å²) in [5.74, 6) is 0. The molecule has 1 aromatic heterocycles. The first-order chi connectivity index (χ1) is 8.29. The Bertz CT molecular complexity index is 300. The van der Waals surface area contributed by atoms with Crippen molar-refractivity contribution < 1.29 is 4.74 Å². The Labute approximate surface area is 104 Å². The van der Waals surface area contributed by atoms with E-state index in [1.807, 2.05) is 17.9 Å². The highest BCUT2D eigenvalue weighted by Gasteiger charge is 2.14. The number of rotatable bonds is 9. The standard InChI is InChI=1S/C12H24N4O/c1-4-7-13-11(6-9-17-8-5-2)12-10-14-15-16(12)3/h10-11,13H,4-9H2,1-3H3. The second-order valence-electron chi connectivity index (χ2n) is 4.19. The van der Waals surface area contributed by atoms with Crippen LogP contribution >= 0.6 is 0 Å². The van der Waals surface area contributed by atoms with Gasteiger partial charge in [-0.25, -0.2) is 0 Å². The van der Waals surface area contributed by atoms with Crippen LogP contribution in [0.15, 0.2) is 6.20 Å². The fourth-order valence-electron chi connectivity index (χ4n) is 1.73. The summed E-state index contributed by atoms with van der Waals surface area (Å²) in [6.07, 6.45) is 4.98. The molecular weight excluding hydrogens is 216 g/mol. The van der Waals surface area contributed by atoms with Crippen molar-refractivity contribution in [3.8, 4) is 0 Å². The molecule has 1 unspecified atom stereocenters.